The summed E-state index contributed by atoms with van der Waals surface area (Å²) in [4.78, 5) is 0. The lowest BCUT2D eigenvalue weighted by atomic mass is 9.96. The highest BCUT2D eigenvalue weighted by Gasteiger charge is 2.15. The van der Waals surface area contributed by atoms with Crippen LogP contribution in [0.2, 0.25) is 0 Å². The predicted molar refractivity (Wildman–Crippen MR) is 61.7 cm³/mol. The standard InChI is InChI=1S/C12H21N3/c13-9-4-5-11-8-10-15(14-11)12-6-2-1-3-7-12/h8,10,12H,1-7,9,13H2. The predicted octanol–water partition coefficient (Wildman–Crippen LogP) is 2.28. The number of hydrogen-bond donors (Lipinski definition) is 1. The molecule has 1 aliphatic carbocycles. The fourth-order valence-electron chi connectivity index (χ4n) is 2.34. The van der Waals surface area contributed by atoms with Crippen LogP contribution in [0.15, 0.2) is 12.3 Å². The average molecular weight is 207 g/mol. The van der Waals surface area contributed by atoms with E-state index in [9.17, 15) is 0 Å². The molecule has 2 N–H and O–H groups in total. The summed E-state index contributed by atoms with van der Waals surface area (Å²) in [5.41, 5.74) is 6.69. The molecule has 0 amide bonds. The van der Waals surface area contributed by atoms with Crippen molar-refractivity contribution < 1.29 is 0 Å². The highest BCUT2D eigenvalue weighted by atomic mass is 15.3. The zero-order chi connectivity index (χ0) is 10.5. The van der Waals surface area contributed by atoms with Crippen LogP contribution in [0.3, 0.4) is 0 Å². The van der Waals surface area contributed by atoms with Gasteiger partial charge in [0.2, 0.25) is 0 Å². The van der Waals surface area contributed by atoms with Crippen LogP contribution < -0.4 is 5.73 Å². The number of rotatable bonds is 4. The van der Waals surface area contributed by atoms with Gasteiger partial charge in [0.25, 0.3) is 0 Å². The Morgan fingerprint density at radius 3 is 2.87 bits per heavy atom. The summed E-state index contributed by atoms with van der Waals surface area (Å²) in [7, 11) is 0. The Morgan fingerprint density at radius 1 is 1.33 bits per heavy atom. The fourth-order valence-corrected chi connectivity index (χ4v) is 2.34. The average Bonchev–Trinajstić information content (AvgIpc) is 2.76. The van der Waals surface area contributed by atoms with E-state index in [2.05, 4.69) is 22.0 Å². The van der Waals surface area contributed by atoms with E-state index in [1.807, 2.05) is 0 Å². The van der Waals surface area contributed by atoms with Gasteiger partial charge in [0.15, 0.2) is 0 Å². The van der Waals surface area contributed by atoms with Crippen LogP contribution in [0, 0.1) is 0 Å². The van der Waals surface area contributed by atoms with Gasteiger partial charge >= 0.3 is 0 Å². The minimum Gasteiger partial charge on any atom is -0.330 e. The van der Waals surface area contributed by atoms with E-state index in [0.717, 1.165) is 19.4 Å². The largest absolute Gasteiger partial charge is 0.330 e. The molecule has 0 aliphatic heterocycles. The third kappa shape index (κ3) is 2.81. The molecule has 0 bridgehead atoms. The summed E-state index contributed by atoms with van der Waals surface area (Å²) in [5, 5.41) is 4.63. The maximum atomic E-state index is 5.49. The zero-order valence-corrected chi connectivity index (χ0v) is 9.36. The normalized spacial score (nSPS) is 18.2. The smallest absolute Gasteiger partial charge is 0.0625 e. The van der Waals surface area contributed by atoms with Gasteiger partial charge in [-0.15, -0.1) is 0 Å². The Kier molecular flexibility index (Phi) is 3.78. The van der Waals surface area contributed by atoms with E-state index in [1.165, 1.54) is 37.8 Å². The van der Waals surface area contributed by atoms with Crippen molar-refractivity contribution in [2.75, 3.05) is 6.54 Å². The maximum absolute atomic E-state index is 5.49. The second-order valence-corrected chi connectivity index (χ2v) is 4.47. The first-order chi connectivity index (χ1) is 7.40. The SMILES string of the molecule is NCCCc1ccn(C2CCCCC2)n1. The third-order valence-electron chi connectivity index (χ3n) is 3.25. The molecule has 2 rings (SSSR count). The first-order valence-electron chi connectivity index (χ1n) is 6.14. The molecule has 1 saturated carbocycles. The second-order valence-electron chi connectivity index (χ2n) is 4.47. The van der Waals surface area contributed by atoms with Gasteiger partial charge in [0, 0.05) is 6.20 Å². The van der Waals surface area contributed by atoms with Gasteiger partial charge in [-0.2, -0.15) is 5.10 Å². The van der Waals surface area contributed by atoms with Crippen LogP contribution >= 0.6 is 0 Å². The lowest BCUT2D eigenvalue weighted by molar-refractivity contribution is 0.328. The van der Waals surface area contributed by atoms with Gasteiger partial charge in [-0.1, -0.05) is 19.3 Å². The van der Waals surface area contributed by atoms with Gasteiger partial charge in [-0.25, -0.2) is 0 Å². The third-order valence-corrected chi connectivity index (χ3v) is 3.25. The van der Waals surface area contributed by atoms with Gasteiger partial charge in [0.05, 0.1) is 11.7 Å². The van der Waals surface area contributed by atoms with Crippen molar-refractivity contribution in [2.24, 2.45) is 5.73 Å². The Morgan fingerprint density at radius 2 is 2.13 bits per heavy atom. The molecule has 84 valence electrons. The molecule has 3 nitrogen and oxygen atoms in total. The second kappa shape index (κ2) is 5.31. The number of aromatic nitrogens is 2. The van der Waals surface area contributed by atoms with Gasteiger partial charge in [0.1, 0.15) is 0 Å². The van der Waals surface area contributed by atoms with Crippen LogP contribution in [0.5, 0.6) is 0 Å². The van der Waals surface area contributed by atoms with Crippen molar-refractivity contribution in [2.45, 2.75) is 51.0 Å². The molecule has 15 heavy (non-hydrogen) atoms. The van der Waals surface area contributed by atoms with Crippen LogP contribution in [0.25, 0.3) is 0 Å². The quantitative estimate of drug-likeness (QED) is 0.823. The lowest BCUT2D eigenvalue weighted by Gasteiger charge is -2.21. The van der Waals surface area contributed by atoms with E-state index in [4.69, 9.17) is 5.73 Å². The molecular formula is C12H21N3. The first kappa shape index (κ1) is 10.7. The Balaban J connectivity index is 1.93. The molecule has 0 radical (unpaired) electrons. The topological polar surface area (TPSA) is 43.8 Å². The van der Waals surface area contributed by atoms with E-state index < -0.39 is 0 Å². The van der Waals surface area contributed by atoms with E-state index in [1.54, 1.807) is 0 Å². The molecule has 1 fully saturated rings. The molecule has 0 saturated heterocycles. The Bertz CT molecular complexity index is 287. The first-order valence-corrected chi connectivity index (χ1v) is 6.14. The summed E-state index contributed by atoms with van der Waals surface area (Å²) < 4.78 is 2.17. The Labute approximate surface area is 91.7 Å². The van der Waals surface area contributed by atoms with Crippen molar-refractivity contribution in [3.8, 4) is 0 Å². The fraction of sp³-hybridized carbons (Fsp3) is 0.750. The molecule has 0 aromatic carbocycles. The highest BCUT2D eigenvalue weighted by molar-refractivity contribution is 5.00. The molecule has 1 aromatic rings. The highest BCUT2D eigenvalue weighted by Crippen LogP contribution is 2.27. The maximum Gasteiger partial charge on any atom is 0.0625 e. The molecule has 1 heterocycles. The number of nitrogens with two attached hydrogens (primary N) is 1. The van der Waals surface area contributed by atoms with Crippen molar-refractivity contribution in [3.63, 3.8) is 0 Å². The summed E-state index contributed by atoms with van der Waals surface area (Å²) in [5.74, 6) is 0. The summed E-state index contributed by atoms with van der Waals surface area (Å²) >= 11 is 0. The molecule has 0 atom stereocenters. The summed E-state index contributed by atoms with van der Waals surface area (Å²) in [6.45, 7) is 0.760. The monoisotopic (exact) mass is 207 g/mol. The van der Waals surface area contributed by atoms with Crippen molar-refractivity contribution in [3.05, 3.63) is 18.0 Å². The van der Waals surface area contributed by atoms with E-state index >= 15 is 0 Å². The molecular weight excluding hydrogens is 186 g/mol. The van der Waals surface area contributed by atoms with Crippen molar-refractivity contribution >= 4 is 0 Å². The van der Waals surface area contributed by atoms with Crippen LogP contribution in [-0.4, -0.2) is 16.3 Å². The molecule has 3 heteroatoms. The van der Waals surface area contributed by atoms with Crippen LogP contribution in [0.4, 0.5) is 0 Å². The van der Waals surface area contributed by atoms with Crippen molar-refractivity contribution in [1.82, 2.24) is 9.78 Å². The van der Waals surface area contributed by atoms with E-state index in [0.29, 0.717) is 6.04 Å². The van der Waals surface area contributed by atoms with E-state index in [-0.39, 0.29) is 0 Å². The van der Waals surface area contributed by atoms with Crippen LogP contribution in [-0.2, 0) is 6.42 Å². The van der Waals surface area contributed by atoms with Crippen LogP contribution in [0.1, 0.15) is 50.3 Å². The minimum absolute atomic E-state index is 0.658. The molecule has 1 aliphatic rings. The minimum atomic E-state index is 0.658. The van der Waals surface area contributed by atoms with Crippen molar-refractivity contribution in [1.29, 1.82) is 0 Å². The number of aryl methyl sites for hydroxylation is 1. The Hall–Kier alpha value is -0.830. The molecule has 0 spiro atoms. The molecule has 1 aromatic heterocycles. The number of nitrogens with zero attached hydrogens (tertiary/aromatic N) is 2. The van der Waals surface area contributed by atoms with Gasteiger partial charge in [-0.3, -0.25) is 4.68 Å². The zero-order valence-electron chi connectivity index (χ0n) is 9.36. The summed E-state index contributed by atoms with van der Waals surface area (Å²) in [6.07, 6.45) is 10.9. The van der Waals surface area contributed by atoms with Gasteiger partial charge in [-0.05, 0) is 38.3 Å². The number of hydrogen-bond acceptors (Lipinski definition) is 2. The molecule has 0 unspecified atom stereocenters. The summed E-state index contributed by atoms with van der Waals surface area (Å²) in [6, 6.07) is 2.80. The lowest BCUT2D eigenvalue weighted by Crippen LogP contribution is -2.13. The van der Waals surface area contributed by atoms with Gasteiger partial charge < -0.3 is 5.73 Å².